The Hall–Kier alpha value is -2.61. The number of aliphatic hydroxyl groups is 1. The number of hydrogen-bond acceptors (Lipinski definition) is 5. The molecule has 1 saturated carbocycles. The third kappa shape index (κ3) is 7.45. The molecule has 3 N–H and O–H groups in total. The van der Waals surface area contributed by atoms with E-state index < -0.39 is 36.3 Å². The number of benzene rings is 1. The number of carbonyl (C=O) groups excluding carboxylic acids is 3. The summed E-state index contributed by atoms with van der Waals surface area (Å²) in [5, 5.41) is 15.6. The highest BCUT2D eigenvalue weighted by Gasteiger charge is 2.37. The number of amides is 3. The summed E-state index contributed by atoms with van der Waals surface area (Å²) in [6, 6.07) is 3.73. The molecule has 0 spiro atoms. The predicted molar refractivity (Wildman–Crippen MR) is 131 cm³/mol. The number of aliphatic hydroxyl groups excluding tert-OH is 1. The Kier molecular flexibility index (Phi) is 9.91. The molecule has 1 aliphatic rings. The summed E-state index contributed by atoms with van der Waals surface area (Å²) in [4.78, 5) is 40.9. The Balaban J connectivity index is 2.38. The van der Waals surface area contributed by atoms with E-state index in [1.54, 1.807) is 27.7 Å². The average molecular weight is 476 g/mol. The molecule has 0 aliphatic heterocycles. The first-order chi connectivity index (χ1) is 16.0. The van der Waals surface area contributed by atoms with Crippen molar-refractivity contribution < 1.29 is 24.2 Å². The van der Waals surface area contributed by atoms with Gasteiger partial charge in [-0.05, 0) is 71.1 Å². The van der Waals surface area contributed by atoms with E-state index in [0.717, 1.165) is 42.4 Å². The Labute approximate surface area is 203 Å². The van der Waals surface area contributed by atoms with Gasteiger partial charge in [0.1, 0.15) is 17.7 Å². The van der Waals surface area contributed by atoms with Gasteiger partial charge in [0.2, 0.25) is 11.8 Å². The number of rotatable bonds is 8. The molecule has 1 aliphatic carbocycles. The Bertz CT molecular complexity index is 838. The van der Waals surface area contributed by atoms with Crippen molar-refractivity contribution in [2.45, 2.75) is 97.4 Å². The van der Waals surface area contributed by atoms with E-state index in [0.29, 0.717) is 0 Å². The fourth-order valence-corrected chi connectivity index (χ4v) is 4.52. The van der Waals surface area contributed by atoms with Gasteiger partial charge in [-0.25, -0.2) is 4.79 Å². The third-order valence-corrected chi connectivity index (χ3v) is 6.12. The Morgan fingerprint density at radius 2 is 1.71 bits per heavy atom. The van der Waals surface area contributed by atoms with Crippen LogP contribution in [0.4, 0.5) is 4.79 Å². The quantitative estimate of drug-likeness (QED) is 0.533. The zero-order chi connectivity index (χ0) is 25.5. The maximum Gasteiger partial charge on any atom is 0.408 e. The first-order valence-corrected chi connectivity index (χ1v) is 12.3. The molecule has 0 aromatic heterocycles. The number of ether oxygens (including phenoxy) is 1. The first-order valence-electron chi connectivity index (χ1n) is 12.3. The van der Waals surface area contributed by atoms with Crippen molar-refractivity contribution in [3.8, 4) is 0 Å². The van der Waals surface area contributed by atoms with Crippen molar-refractivity contribution in [3.05, 3.63) is 34.9 Å². The van der Waals surface area contributed by atoms with Gasteiger partial charge in [-0.15, -0.1) is 0 Å². The molecule has 2 rings (SSSR count). The second-order valence-electron chi connectivity index (χ2n) is 10.1. The molecular formula is C26H41N3O5. The molecule has 2 unspecified atom stereocenters. The number of nitrogens with zero attached hydrogens (tertiary/aromatic N) is 1. The molecule has 1 aromatic carbocycles. The maximum absolute atomic E-state index is 13.7. The maximum atomic E-state index is 13.7. The van der Waals surface area contributed by atoms with Crippen molar-refractivity contribution in [3.63, 3.8) is 0 Å². The van der Waals surface area contributed by atoms with Gasteiger partial charge in [0.05, 0.1) is 6.61 Å². The van der Waals surface area contributed by atoms with Crippen LogP contribution in [0.25, 0.3) is 0 Å². The molecule has 3 amide bonds. The van der Waals surface area contributed by atoms with E-state index in [9.17, 15) is 19.5 Å². The van der Waals surface area contributed by atoms with E-state index in [-0.39, 0.29) is 18.5 Å². The van der Waals surface area contributed by atoms with Crippen LogP contribution < -0.4 is 10.6 Å². The van der Waals surface area contributed by atoms with Gasteiger partial charge < -0.3 is 25.4 Å². The van der Waals surface area contributed by atoms with Crippen LogP contribution >= 0.6 is 0 Å². The highest BCUT2D eigenvalue weighted by Crippen LogP contribution is 2.29. The lowest BCUT2D eigenvalue weighted by Gasteiger charge is -2.36. The van der Waals surface area contributed by atoms with Crippen molar-refractivity contribution >= 4 is 17.9 Å². The lowest BCUT2D eigenvalue weighted by Crippen LogP contribution is -2.55. The van der Waals surface area contributed by atoms with Gasteiger partial charge in [-0.2, -0.15) is 0 Å². The first kappa shape index (κ1) is 27.6. The molecule has 8 nitrogen and oxygen atoms in total. The zero-order valence-electron chi connectivity index (χ0n) is 21.4. The van der Waals surface area contributed by atoms with Crippen molar-refractivity contribution in [2.75, 3.05) is 13.2 Å². The van der Waals surface area contributed by atoms with E-state index >= 15 is 0 Å². The monoisotopic (exact) mass is 475 g/mol. The normalized spacial score (nSPS) is 16.3. The zero-order valence-corrected chi connectivity index (χ0v) is 21.4. The Morgan fingerprint density at radius 3 is 2.21 bits per heavy atom. The second-order valence-corrected chi connectivity index (χ2v) is 10.1. The molecule has 0 bridgehead atoms. The van der Waals surface area contributed by atoms with Gasteiger partial charge in [0, 0.05) is 12.6 Å². The average Bonchev–Trinajstić information content (AvgIpc) is 2.75. The standard InChI is InChI=1S/C26H41N3O5/c1-7-29(24(32)20(16-30)28-25(33)34-26(4,5)6)22(21-17(2)12-11-13-18(21)3)23(31)27-19-14-9-8-10-15-19/h11-13,19-20,22,30H,7-10,14-16H2,1-6H3,(H,27,31)(H,28,33). The molecule has 0 radical (unpaired) electrons. The number of aryl methyl sites for hydroxylation is 2. The lowest BCUT2D eigenvalue weighted by molar-refractivity contribution is -0.143. The molecule has 1 aromatic rings. The summed E-state index contributed by atoms with van der Waals surface area (Å²) in [6.45, 7) is 10.4. The number of nitrogens with one attached hydrogen (secondary N) is 2. The van der Waals surface area contributed by atoms with Crippen molar-refractivity contribution in [2.24, 2.45) is 0 Å². The SMILES string of the molecule is CCN(C(=O)C(CO)NC(=O)OC(C)(C)C)C(C(=O)NC1CCCCC1)c1c(C)cccc1C. The molecular weight excluding hydrogens is 434 g/mol. The van der Waals surface area contributed by atoms with Crippen molar-refractivity contribution in [1.29, 1.82) is 0 Å². The van der Waals surface area contributed by atoms with Gasteiger partial charge in [0.25, 0.3) is 0 Å². The van der Waals surface area contributed by atoms with Crippen LogP contribution in [0.2, 0.25) is 0 Å². The van der Waals surface area contributed by atoms with Crippen LogP contribution in [0.3, 0.4) is 0 Å². The van der Waals surface area contributed by atoms with E-state index in [1.165, 1.54) is 11.3 Å². The number of alkyl carbamates (subject to hydrolysis) is 1. The van der Waals surface area contributed by atoms with Gasteiger partial charge in [-0.3, -0.25) is 9.59 Å². The molecule has 0 saturated heterocycles. The van der Waals surface area contributed by atoms with Gasteiger partial charge in [0.15, 0.2) is 0 Å². The minimum Gasteiger partial charge on any atom is -0.444 e. The molecule has 190 valence electrons. The minimum atomic E-state index is -1.23. The summed E-state index contributed by atoms with van der Waals surface area (Å²) in [5.74, 6) is -0.782. The van der Waals surface area contributed by atoms with Gasteiger partial charge in [-0.1, -0.05) is 37.5 Å². The summed E-state index contributed by atoms with van der Waals surface area (Å²) in [5.41, 5.74) is 1.81. The Morgan fingerprint density at radius 1 is 1.12 bits per heavy atom. The molecule has 0 heterocycles. The molecule has 2 atom stereocenters. The van der Waals surface area contributed by atoms with E-state index in [1.807, 2.05) is 32.0 Å². The highest BCUT2D eigenvalue weighted by atomic mass is 16.6. The molecule has 34 heavy (non-hydrogen) atoms. The van der Waals surface area contributed by atoms with E-state index in [2.05, 4.69) is 10.6 Å². The van der Waals surface area contributed by atoms with E-state index in [4.69, 9.17) is 4.74 Å². The van der Waals surface area contributed by atoms with Crippen LogP contribution in [-0.2, 0) is 14.3 Å². The second kappa shape index (κ2) is 12.2. The lowest BCUT2D eigenvalue weighted by atomic mass is 9.92. The van der Waals surface area contributed by atoms with Crippen LogP contribution in [0.15, 0.2) is 18.2 Å². The minimum absolute atomic E-state index is 0.0791. The van der Waals surface area contributed by atoms with Crippen LogP contribution in [0, 0.1) is 13.8 Å². The molecule has 8 heteroatoms. The summed E-state index contributed by atoms with van der Waals surface area (Å²) < 4.78 is 5.25. The number of carbonyl (C=O) groups is 3. The molecule has 1 fully saturated rings. The topological polar surface area (TPSA) is 108 Å². The van der Waals surface area contributed by atoms with Crippen LogP contribution in [0.5, 0.6) is 0 Å². The summed E-state index contributed by atoms with van der Waals surface area (Å²) >= 11 is 0. The fourth-order valence-electron chi connectivity index (χ4n) is 4.52. The third-order valence-electron chi connectivity index (χ3n) is 6.12. The summed E-state index contributed by atoms with van der Waals surface area (Å²) in [6.07, 6.45) is 4.35. The smallest absolute Gasteiger partial charge is 0.408 e. The number of hydrogen-bond donors (Lipinski definition) is 3. The van der Waals surface area contributed by atoms with Crippen LogP contribution in [0.1, 0.15) is 82.5 Å². The number of likely N-dealkylation sites (N-methyl/N-ethyl adjacent to an activating group) is 1. The largest absolute Gasteiger partial charge is 0.444 e. The predicted octanol–water partition coefficient (Wildman–Crippen LogP) is 3.53. The summed E-state index contributed by atoms with van der Waals surface area (Å²) in [7, 11) is 0. The van der Waals surface area contributed by atoms with Crippen LogP contribution in [-0.4, -0.2) is 58.8 Å². The van der Waals surface area contributed by atoms with Gasteiger partial charge >= 0.3 is 6.09 Å². The fraction of sp³-hybridized carbons (Fsp3) is 0.654. The highest BCUT2D eigenvalue weighted by molar-refractivity contribution is 5.92. The van der Waals surface area contributed by atoms with Crippen molar-refractivity contribution in [1.82, 2.24) is 15.5 Å².